The topological polar surface area (TPSA) is 54.0 Å². The molecule has 21 heavy (non-hydrogen) atoms. The summed E-state index contributed by atoms with van der Waals surface area (Å²) in [5, 5.41) is 7.55. The number of nitrogens with zero attached hydrogens (tertiary/aromatic N) is 1. The Hall–Kier alpha value is -1.94. The summed E-state index contributed by atoms with van der Waals surface area (Å²) in [6.07, 6.45) is 0.965. The lowest BCUT2D eigenvalue weighted by molar-refractivity contribution is 0.0924. The first-order valence-corrected chi connectivity index (χ1v) is 7.39. The van der Waals surface area contributed by atoms with Gasteiger partial charge in [-0.1, -0.05) is 6.07 Å². The molecule has 1 aliphatic rings. The Labute approximate surface area is 125 Å². The van der Waals surface area contributed by atoms with Crippen molar-refractivity contribution >= 4 is 16.8 Å². The van der Waals surface area contributed by atoms with Gasteiger partial charge in [-0.25, -0.2) is 0 Å². The zero-order valence-corrected chi connectivity index (χ0v) is 12.7. The van der Waals surface area contributed by atoms with Crippen molar-refractivity contribution in [3.05, 3.63) is 41.6 Å². The van der Waals surface area contributed by atoms with Crippen LogP contribution >= 0.6 is 0 Å². The second kappa shape index (κ2) is 5.11. The van der Waals surface area contributed by atoms with Crippen molar-refractivity contribution in [2.24, 2.45) is 0 Å². The minimum Gasteiger partial charge on any atom is -0.347 e. The van der Waals surface area contributed by atoms with Gasteiger partial charge in [0.25, 0.3) is 5.91 Å². The monoisotopic (exact) mass is 283 g/mol. The van der Waals surface area contributed by atoms with Crippen LogP contribution in [0.3, 0.4) is 0 Å². The molecule has 4 nitrogen and oxygen atoms in total. The third-order valence-electron chi connectivity index (χ3n) is 4.28. The van der Waals surface area contributed by atoms with E-state index in [1.165, 1.54) is 0 Å². The second-order valence-corrected chi connectivity index (χ2v) is 6.32. The first-order valence-electron chi connectivity index (χ1n) is 7.39. The van der Waals surface area contributed by atoms with Crippen molar-refractivity contribution in [2.75, 3.05) is 6.54 Å². The molecule has 1 aliphatic heterocycles. The summed E-state index contributed by atoms with van der Waals surface area (Å²) < 4.78 is 0. The SMILES string of the molecule is Cc1ccc2cc(C(=O)NC3CCNC3(C)C)ccc2n1. The number of aromatic nitrogens is 1. The van der Waals surface area contributed by atoms with Gasteiger partial charge in [0.15, 0.2) is 0 Å². The van der Waals surface area contributed by atoms with E-state index in [1.807, 2.05) is 37.3 Å². The fourth-order valence-electron chi connectivity index (χ4n) is 2.89. The normalized spacial score (nSPS) is 20.6. The van der Waals surface area contributed by atoms with E-state index in [4.69, 9.17) is 0 Å². The molecule has 1 aromatic heterocycles. The smallest absolute Gasteiger partial charge is 0.251 e. The van der Waals surface area contributed by atoms with Gasteiger partial charge >= 0.3 is 0 Å². The highest BCUT2D eigenvalue weighted by molar-refractivity contribution is 5.98. The van der Waals surface area contributed by atoms with Crippen molar-refractivity contribution in [3.63, 3.8) is 0 Å². The van der Waals surface area contributed by atoms with E-state index in [0.717, 1.165) is 29.6 Å². The molecule has 1 unspecified atom stereocenters. The van der Waals surface area contributed by atoms with Crippen LogP contribution in [0.5, 0.6) is 0 Å². The highest BCUT2D eigenvalue weighted by Gasteiger charge is 2.35. The maximum absolute atomic E-state index is 12.4. The largest absolute Gasteiger partial charge is 0.347 e. The number of carbonyl (C=O) groups excluding carboxylic acids is 1. The summed E-state index contributed by atoms with van der Waals surface area (Å²) in [4.78, 5) is 16.9. The number of pyridine rings is 1. The van der Waals surface area contributed by atoms with Crippen molar-refractivity contribution in [1.29, 1.82) is 0 Å². The molecule has 1 saturated heterocycles. The highest BCUT2D eigenvalue weighted by Crippen LogP contribution is 2.20. The van der Waals surface area contributed by atoms with E-state index in [9.17, 15) is 4.79 Å². The molecule has 2 aromatic rings. The molecule has 0 bridgehead atoms. The van der Waals surface area contributed by atoms with E-state index in [0.29, 0.717) is 5.56 Å². The van der Waals surface area contributed by atoms with Crippen LogP contribution in [0.4, 0.5) is 0 Å². The number of fused-ring (bicyclic) bond motifs is 1. The lowest BCUT2D eigenvalue weighted by Crippen LogP contribution is -2.50. The summed E-state index contributed by atoms with van der Waals surface area (Å²) in [7, 11) is 0. The van der Waals surface area contributed by atoms with Gasteiger partial charge in [-0.3, -0.25) is 9.78 Å². The molecule has 1 atom stereocenters. The Bertz CT molecular complexity index is 693. The number of nitrogens with one attached hydrogen (secondary N) is 2. The summed E-state index contributed by atoms with van der Waals surface area (Å²) in [6, 6.07) is 9.81. The van der Waals surface area contributed by atoms with Crippen LogP contribution in [0.2, 0.25) is 0 Å². The molecule has 0 spiro atoms. The fraction of sp³-hybridized carbons (Fsp3) is 0.412. The van der Waals surface area contributed by atoms with Crippen molar-refractivity contribution < 1.29 is 4.79 Å². The molecular formula is C17H21N3O. The molecule has 0 aliphatic carbocycles. The maximum Gasteiger partial charge on any atom is 0.251 e. The number of hydrogen-bond donors (Lipinski definition) is 2. The van der Waals surface area contributed by atoms with Gasteiger partial charge in [-0.05, 0) is 58.0 Å². The average Bonchev–Trinajstić information content (AvgIpc) is 2.77. The third-order valence-corrected chi connectivity index (χ3v) is 4.28. The molecule has 110 valence electrons. The number of hydrogen-bond acceptors (Lipinski definition) is 3. The van der Waals surface area contributed by atoms with Crippen molar-refractivity contribution in [1.82, 2.24) is 15.6 Å². The summed E-state index contributed by atoms with van der Waals surface area (Å²) >= 11 is 0. The Morgan fingerprint density at radius 2 is 2.14 bits per heavy atom. The maximum atomic E-state index is 12.4. The van der Waals surface area contributed by atoms with E-state index in [1.54, 1.807) is 0 Å². The van der Waals surface area contributed by atoms with E-state index in [2.05, 4.69) is 29.5 Å². The standard InChI is InChI=1S/C17H21N3O/c1-11-4-5-12-10-13(6-7-14(12)19-11)16(21)20-15-8-9-18-17(15,2)3/h4-7,10,15,18H,8-9H2,1-3H3,(H,20,21). The first kappa shape index (κ1) is 14.0. The van der Waals surface area contributed by atoms with Crippen molar-refractivity contribution in [3.8, 4) is 0 Å². The number of aryl methyl sites for hydroxylation is 1. The minimum atomic E-state index is -0.0504. The Morgan fingerprint density at radius 3 is 2.86 bits per heavy atom. The molecule has 1 amide bonds. The number of amides is 1. The van der Waals surface area contributed by atoms with Gasteiger partial charge < -0.3 is 10.6 Å². The lowest BCUT2D eigenvalue weighted by Gasteiger charge is -2.27. The van der Waals surface area contributed by atoms with E-state index >= 15 is 0 Å². The van der Waals surface area contributed by atoms with Gasteiger partial charge in [0.1, 0.15) is 0 Å². The number of carbonyl (C=O) groups is 1. The highest BCUT2D eigenvalue weighted by atomic mass is 16.1. The van der Waals surface area contributed by atoms with Crippen LogP contribution in [0, 0.1) is 6.92 Å². The third kappa shape index (κ3) is 2.76. The summed E-state index contributed by atoms with van der Waals surface area (Å²) in [6.45, 7) is 7.16. The van der Waals surface area contributed by atoms with E-state index < -0.39 is 0 Å². The predicted octanol–water partition coefficient (Wildman–Crippen LogP) is 2.41. The molecular weight excluding hydrogens is 262 g/mol. The van der Waals surface area contributed by atoms with Gasteiger partial charge in [-0.2, -0.15) is 0 Å². The zero-order chi connectivity index (χ0) is 15.0. The van der Waals surface area contributed by atoms with Crippen LogP contribution in [-0.4, -0.2) is 29.0 Å². The van der Waals surface area contributed by atoms with Gasteiger partial charge in [-0.15, -0.1) is 0 Å². The molecule has 0 saturated carbocycles. The van der Waals surface area contributed by atoms with Gasteiger partial charge in [0.05, 0.1) is 5.52 Å². The van der Waals surface area contributed by atoms with Crippen LogP contribution in [0.1, 0.15) is 36.3 Å². The Morgan fingerprint density at radius 1 is 1.33 bits per heavy atom. The molecule has 2 N–H and O–H groups in total. The zero-order valence-electron chi connectivity index (χ0n) is 12.7. The minimum absolute atomic E-state index is 0.0146. The number of rotatable bonds is 2. The summed E-state index contributed by atoms with van der Waals surface area (Å²) in [5.74, 6) is -0.0146. The van der Waals surface area contributed by atoms with Crippen LogP contribution in [0.25, 0.3) is 10.9 Å². The molecule has 4 heteroatoms. The van der Waals surface area contributed by atoms with Crippen molar-refractivity contribution in [2.45, 2.75) is 38.8 Å². The van der Waals surface area contributed by atoms with Crippen LogP contribution in [0.15, 0.2) is 30.3 Å². The Balaban J connectivity index is 1.83. The molecule has 1 fully saturated rings. The second-order valence-electron chi connectivity index (χ2n) is 6.32. The van der Waals surface area contributed by atoms with E-state index in [-0.39, 0.29) is 17.5 Å². The Kier molecular flexibility index (Phi) is 3.41. The molecule has 2 heterocycles. The first-order chi connectivity index (χ1) is 9.95. The quantitative estimate of drug-likeness (QED) is 0.890. The van der Waals surface area contributed by atoms with Crippen LogP contribution in [-0.2, 0) is 0 Å². The van der Waals surface area contributed by atoms with Gasteiger partial charge in [0, 0.05) is 28.2 Å². The molecule has 3 rings (SSSR count). The lowest BCUT2D eigenvalue weighted by atomic mass is 9.96. The average molecular weight is 283 g/mol. The molecule has 0 radical (unpaired) electrons. The van der Waals surface area contributed by atoms with Gasteiger partial charge in [0.2, 0.25) is 0 Å². The van der Waals surface area contributed by atoms with Crippen LogP contribution < -0.4 is 10.6 Å². The summed E-state index contributed by atoms with van der Waals surface area (Å²) in [5.41, 5.74) is 2.55. The molecule has 1 aromatic carbocycles. The fourth-order valence-corrected chi connectivity index (χ4v) is 2.89. The predicted molar refractivity (Wildman–Crippen MR) is 84.4 cm³/mol. The number of benzene rings is 1.